The molecule has 1 atom stereocenters. The van der Waals surface area contributed by atoms with E-state index in [-0.39, 0.29) is 0 Å². The molecule has 2 aromatic rings. The van der Waals surface area contributed by atoms with Gasteiger partial charge in [-0.05, 0) is 36.6 Å². The molecule has 0 aliphatic carbocycles. The SMILES string of the molecule is CCNC(=NCc1cc(OC)c(OC)c(OC)c1)N1CCC(c2ccccc2)C1. The lowest BCUT2D eigenvalue weighted by Crippen LogP contribution is -2.40. The van der Waals surface area contributed by atoms with Crippen LogP contribution in [0.3, 0.4) is 0 Å². The lowest BCUT2D eigenvalue weighted by molar-refractivity contribution is 0.324. The molecule has 6 heteroatoms. The molecule has 1 N–H and O–H groups in total. The average molecular weight is 398 g/mol. The standard InChI is InChI=1S/C23H31N3O3/c1-5-24-23(26-12-11-19(16-26)18-9-7-6-8-10-18)25-15-17-13-20(27-2)22(29-4)21(14-17)28-3/h6-10,13-14,19H,5,11-12,15-16H2,1-4H3,(H,24,25). The summed E-state index contributed by atoms with van der Waals surface area (Å²) in [6.07, 6.45) is 1.14. The van der Waals surface area contributed by atoms with E-state index in [1.54, 1.807) is 21.3 Å². The van der Waals surface area contributed by atoms with Crippen LogP contribution in [0.1, 0.15) is 30.4 Å². The van der Waals surface area contributed by atoms with Gasteiger partial charge in [0.1, 0.15) is 0 Å². The lowest BCUT2D eigenvalue weighted by Gasteiger charge is -2.22. The largest absolute Gasteiger partial charge is 0.493 e. The van der Waals surface area contributed by atoms with Crippen LogP contribution in [0.5, 0.6) is 17.2 Å². The van der Waals surface area contributed by atoms with E-state index in [1.807, 2.05) is 12.1 Å². The Bertz CT molecular complexity index is 798. The van der Waals surface area contributed by atoms with Gasteiger partial charge in [0.05, 0.1) is 27.9 Å². The van der Waals surface area contributed by atoms with Gasteiger partial charge in [0, 0.05) is 25.6 Å². The first-order valence-electron chi connectivity index (χ1n) is 10.1. The van der Waals surface area contributed by atoms with Crippen molar-refractivity contribution in [2.24, 2.45) is 4.99 Å². The zero-order chi connectivity index (χ0) is 20.6. The molecule has 1 aliphatic heterocycles. The number of benzene rings is 2. The van der Waals surface area contributed by atoms with Crippen LogP contribution in [0.15, 0.2) is 47.5 Å². The second kappa shape index (κ2) is 10.0. The Morgan fingerprint density at radius 1 is 1.07 bits per heavy atom. The molecule has 6 nitrogen and oxygen atoms in total. The lowest BCUT2D eigenvalue weighted by atomic mass is 9.99. The van der Waals surface area contributed by atoms with Crippen LogP contribution in [0.25, 0.3) is 0 Å². The maximum absolute atomic E-state index is 5.46. The highest BCUT2D eigenvalue weighted by atomic mass is 16.5. The normalized spacial score (nSPS) is 16.6. The van der Waals surface area contributed by atoms with Crippen molar-refractivity contribution < 1.29 is 14.2 Å². The van der Waals surface area contributed by atoms with Crippen LogP contribution in [0.4, 0.5) is 0 Å². The smallest absolute Gasteiger partial charge is 0.203 e. The Balaban J connectivity index is 1.76. The molecule has 156 valence electrons. The van der Waals surface area contributed by atoms with Crippen molar-refractivity contribution in [1.29, 1.82) is 0 Å². The molecule has 1 fully saturated rings. The molecule has 0 bridgehead atoms. The van der Waals surface area contributed by atoms with Gasteiger partial charge in [-0.15, -0.1) is 0 Å². The number of nitrogens with zero attached hydrogens (tertiary/aromatic N) is 2. The van der Waals surface area contributed by atoms with Gasteiger partial charge in [-0.1, -0.05) is 30.3 Å². The van der Waals surface area contributed by atoms with Crippen molar-refractivity contribution in [1.82, 2.24) is 10.2 Å². The molecule has 0 amide bonds. The molecule has 1 heterocycles. The van der Waals surface area contributed by atoms with Crippen molar-refractivity contribution in [3.05, 3.63) is 53.6 Å². The van der Waals surface area contributed by atoms with Gasteiger partial charge in [0.25, 0.3) is 0 Å². The molecular formula is C23H31N3O3. The first-order valence-corrected chi connectivity index (χ1v) is 10.1. The molecule has 0 spiro atoms. The number of hydrogen-bond donors (Lipinski definition) is 1. The number of methoxy groups -OCH3 is 3. The highest BCUT2D eigenvalue weighted by molar-refractivity contribution is 5.80. The number of ether oxygens (including phenoxy) is 3. The van der Waals surface area contributed by atoms with Crippen LogP contribution in [0.2, 0.25) is 0 Å². The van der Waals surface area contributed by atoms with Crippen LogP contribution in [-0.2, 0) is 6.54 Å². The summed E-state index contributed by atoms with van der Waals surface area (Å²) >= 11 is 0. The predicted molar refractivity (Wildman–Crippen MR) is 116 cm³/mol. The molecule has 3 rings (SSSR count). The summed E-state index contributed by atoms with van der Waals surface area (Å²) < 4.78 is 16.3. The Morgan fingerprint density at radius 2 is 1.76 bits per heavy atom. The van der Waals surface area contributed by atoms with E-state index in [0.29, 0.717) is 29.7 Å². The first-order chi connectivity index (χ1) is 14.2. The molecular weight excluding hydrogens is 366 g/mol. The van der Waals surface area contributed by atoms with E-state index < -0.39 is 0 Å². The topological polar surface area (TPSA) is 55.3 Å². The Kier molecular flexibility index (Phi) is 7.22. The van der Waals surface area contributed by atoms with Crippen molar-refractivity contribution in [3.8, 4) is 17.2 Å². The molecule has 0 radical (unpaired) electrons. The average Bonchev–Trinajstić information content (AvgIpc) is 3.26. The van der Waals surface area contributed by atoms with Crippen LogP contribution in [-0.4, -0.2) is 51.8 Å². The van der Waals surface area contributed by atoms with E-state index in [1.165, 1.54) is 5.56 Å². The number of likely N-dealkylation sites (tertiary alicyclic amines) is 1. The third kappa shape index (κ3) is 4.94. The third-order valence-corrected chi connectivity index (χ3v) is 5.23. The summed E-state index contributed by atoms with van der Waals surface area (Å²) in [5.74, 6) is 3.38. The van der Waals surface area contributed by atoms with Crippen LogP contribution in [0, 0.1) is 0 Å². The molecule has 29 heavy (non-hydrogen) atoms. The number of rotatable bonds is 7. The van der Waals surface area contributed by atoms with Gasteiger partial charge in [-0.25, -0.2) is 4.99 Å². The second-order valence-electron chi connectivity index (χ2n) is 7.05. The monoisotopic (exact) mass is 397 g/mol. The first kappa shape index (κ1) is 20.8. The molecule has 1 unspecified atom stereocenters. The summed E-state index contributed by atoms with van der Waals surface area (Å²) in [7, 11) is 4.86. The van der Waals surface area contributed by atoms with Crippen molar-refractivity contribution >= 4 is 5.96 Å². The van der Waals surface area contributed by atoms with E-state index in [9.17, 15) is 0 Å². The van der Waals surface area contributed by atoms with Gasteiger partial charge in [0.15, 0.2) is 17.5 Å². The van der Waals surface area contributed by atoms with Crippen LogP contribution < -0.4 is 19.5 Å². The third-order valence-electron chi connectivity index (χ3n) is 5.23. The number of hydrogen-bond acceptors (Lipinski definition) is 4. The number of nitrogens with one attached hydrogen (secondary N) is 1. The van der Waals surface area contributed by atoms with Gasteiger partial charge < -0.3 is 24.4 Å². The maximum atomic E-state index is 5.46. The minimum atomic E-state index is 0.533. The second-order valence-corrected chi connectivity index (χ2v) is 7.05. The van der Waals surface area contributed by atoms with Gasteiger partial charge in [-0.2, -0.15) is 0 Å². The molecule has 1 aliphatic rings. The van der Waals surface area contributed by atoms with Crippen molar-refractivity contribution in [3.63, 3.8) is 0 Å². The fourth-order valence-corrected chi connectivity index (χ4v) is 3.77. The van der Waals surface area contributed by atoms with E-state index in [4.69, 9.17) is 19.2 Å². The van der Waals surface area contributed by atoms with E-state index in [0.717, 1.165) is 37.6 Å². The molecule has 0 aromatic heterocycles. The van der Waals surface area contributed by atoms with Crippen molar-refractivity contribution in [2.45, 2.75) is 25.8 Å². The number of guanidine groups is 1. The summed E-state index contributed by atoms with van der Waals surface area (Å²) in [5, 5.41) is 3.44. The van der Waals surface area contributed by atoms with Crippen LogP contribution >= 0.6 is 0 Å². The number of aliphatic imine (C=N–C) groups is 1. The highest BCUT2D eigenvalue weighted by Gasteiger charge is 2.26. The summed E-state index contributed by atoms with van der Waals surface area (Å²) in [4.78, 5) is 7.23. The molecule has 1 saturated heterocycles. The fraction of sp³-hybridized carbons (Fsp3) is 0.435. The highest BCUT2D eigenvalue weighted by Crippen LogP contribution is 2.38. The van der Waals surface area contributed by atoms with E-state index >= 15 is 0 Å². The van der Waals surface area contributed by atoms with E-state index in [2.05, 4.69) is 47.5 Å². The maximum Gasteiger partial charge on any atom is 0.203 e. The minimum Gasteiger partial charge on any atom is -0.493 e. The van der Waals surface area contributed by atoms with Crippen molar-refractivity contribution in [2.75, 3.05) is 41.0 Å². The molecule has 0 saturated carbocycles. The predicted octanol–water partition coefficient (Wildman–Crippen LogP) is 3.67. The van der Waals surface area contributed by atoms with Gasteiger partial charge in [-0.3, -0.25) is 0 Å². The summed E-state index contributed by atoms with van der Waals surface area (Å²) in [5.41, 5.74) is 2.41. The van der Waals surface area contributed by atoms with Gasteiger partial charge in [0.2, 0.25) is 5.75 Å². The Labute approximate surface area is 173 Å². The summed E-state index contributed by atoms with van der Waals surface area (Å²) in [6.45, 7) is 5.44. The summed E-state index contributed by atoms with van der Waals surface area (Å²) in [6, 6.07) is 14.6. The zero-order valence-corrected chi connectivity index (χ0v) is 17.8. The quantitative estimate of drug-likeness (QED) is 0.571. The van der Waals surface area contributed by atoms with Gasteiger partial charge >= 0.3 is 0 Å². The fourth-order valence-electron chi connectivity index (χ4n) is 3.77. The minimum absolute atomic E-state index is 0.533. The zero-order valence-electron chi connectivity index (χ0n) is 17.8. The molecule has 2 aromatic carbocycles. The Morgan fingerprint density at radius 3 is 2.34 bits per heavy atom. The Hall–Kier alpha value is -2.89.